The lowest BCUT2D eigenvalue weighted by Crippen LogP contribution is -1.96. The number of aryl methyl sites for hydroxylation is 1. The Hall–Kier alpha value is -1.37. The van der Waals surface area contributed by atoms with E-state index in [0.717, 1.165) is 18.7 Å². The van der Waals surface area contributed by atoms with Gasteiger partial charge in [0.05, 0.1) is 5.71 Å². The first-order valence-corrected chi connectivity index (χ1v) is 5.14. The van der Waals surface area contributed by atoms with Crippen molar-refractivity contribution in [3.05, 3.63) is 47.5 Å². The number of aliphatic imine (C=N–C) groups is 1. The van der Waals surface area contributed by atoms with E-state index in [2.05, 4.69) is 48.3 Å². The molecule has 1 heterocycles. The molecule has 0 radical (unpaired) electrons. The molecule has 1 heteroatoms. The first-order valence-electron chi connectivity index (χ1n) is 5.14. The van der Waals surface area contributed by atoms with E-state index < -0.39 is 0 Å². The molecule has 0 bridgehead atoms. The average Bonchev–Trinajstić information content (AvgIpc) is 2.47. The lowest BCUT2D eigenvalue weighted by molar-refractivity contribution is 0.865. The maximum Gasteiger partial charge on any atom is 0.0643 e. The highest BCUT2D eigenvalue weighted by Gasteiger charge is 2.00. The van der Waals surface area contributed by atoms with Crippen molar-refractivity contribution in [2.75, 3.05) is 6.54 Å². The van der Waals surface area contributed by atoms with Crippen molar-refractivity contribution in [3.8, 4) is 0 Å². The second-order valence-electron chi connectivity index (χ2n) is 3.68. The lowest BCUT2D eigenvalue weighted by Gasteiger charge is -2.00. The summed E-state index contributed by atoms with van der Waals surface area (Å²) in [6, 6.07) is 8.56. The van der Waals surface area contributed by atoms with Crippen LogP contribution in [-0.4, -0.2) is 12.3 Å². The molecule has 0 N–H and O–H groups in total. The van der Waals surface area contributed by atoms with E-state index in [1.165, 1.54) is 17.5 Å². The standard InChI is InChI=1S/C13H15N/c1-11-6-8-12(9-7-11)13-5-3-2-4-10-14-13/h3,5-9H,2,4,10H2,1H3. The number of hydrogen-bond donors (Lipinski definition) is 0. The highest BCUT2D eigenvalue weighted by Crippen LogP contribution is 2.09. The fourth-order valence-corrected chi connectivity index (χ4v) is 1.57. The molecule has 1 aliphatic rings. The van der Waals surface area contributed by atoms with Crippen molar-refractivity contribution >= 4 is 5.71 Å². The smallest absolute Gasteiger partial charge is 0.0643 e. The van der Waals surface area contributed by atoms with Crippen molar-refractivity contribution in [2.45, 2.75) is 19.8 Å². The molecule has 1 aromatic rings. The van der Waals surface area contributed by atoms with Gasteiger partial charge < -0.3 is 0 Å². The summed E-state index contributed by atoms with van der Waals surface area (Å²) in [4.78, 5) is 4.55. The van der Waals surface area contributed by atoms with E-state index >= 15 is 0 Å². The van der Waals surface area contributed by atoms with Crippen LogP contribution in [0, 0.1) is 6.92 Å². The zero-order valence-electron chi connectivity index (χ0n) is 8.53. The number of rotatable bonds is 1. The summed E-state index contributed by atoms with van der Waals surface area (Å²) in [5, 5.41) is 0. The van der Waals surface area contributed by atoms with Gasteiger partial charge in [-0.1, -0.05) is 35.9 Å². The average molecular weight is 185 g/mol. The minimum absolute atomic E-state index is 0.955. The number of nitrogens with zero attached hydrogens (tertiary/aromatic N) is 1. The quantitative estimate of drug-likeness (QED) is 0.637. The third-order valence-corrected chi connectivity index (χ3v) is 2.43. The Bertz CT molecular complexity index is 357. The highest BCUT2D eigenvalue weighted by molar-refractivity contribution is 6.08. The van der Waals surface area contributed by atoms with E-state index in [-0.39, 0.29) is 0 Å². The number of allylic oxidation sites excluding steroid dienone is 2. The molecule has 0 unspecified atom stereocenters. The zero-order chi connectivity index (χ0) is 9.80. The lowest BCUT2D eigenvalue weighted by atomic mass is 10.1. The van der Waals surface area contributed by atoms with Gasteiger partial charge in [-0.15, -0.1) is 0 Å². The molecule has 72 valence electrons. The van der Waals surface area contributed by atoms with Crippen LogP contribution < -0.4 is 0 Å². The topological polar surface area (TPSA) is 12.4 Å². The fourth-order valence-electron chi connectivity index (χ4n) is 1.57. The number of benzene rings is 1. The minimum Gasteiger partial charge on any atom is -0.285 e. The molecule has 0 aromatic heterocycles. The zero-order valence-corrected chi connectivity index (χ0v) is 8.53. The Morgan fingerprint density at radius 2 is 1.93 bits per heavy atom. The maximum absolute atomic E-state index is 4.55. The normalized spacial score (nSPS) is 16.2. The summed E-state index contributed by atoms with van der Waals surface area (Å²) >= 11 is 0. The Kier molecular flexibility index (Phi) is 2.78. The predicted molar refractivity (Wildman–Crippen MR) is 61.0 cm³/mol. The van der Waals surface area contributed by atoms with E-state index in [0.29, 0.717) is 0 Å². The van der Waals surface area contributed by atoms with Crippen molar-refractivity contribution in [1.82, 2.24) is 0 Å². The van der Waals surface area contributed by atoms with Crippen LogP contribution >= 0.6 is 0 Å². The first-order chi connectivity index (χ1) is 6.86. The van der Waals surface area contributed by atoms with Crippen molar-refractivity contribution in [3.63, 3.8) is 0 Å². The Morgan fingerprint density at radius 3 is 2.71 bits per heavy atom. The van der Waals surface area contributed by atoms with E-state index in [1.807, 2.05) is 0 Å². The van der Waals surface area contributed by atoms with Crippen LogP contribution in [0.25, 0.3) is 0 Å². The van der Waals surface area contributed by atoms with E-state index in [9.17, 15) is 0 Å². The first kappa shape index (κ1) is 9.20. The third-order valence-electron chi connectivity index (χ3n) is 2.43. The molecular formula is C13H15N. The molecule has 0 amide bonds. The van der Waals surface area contributed by atoms with Gasteiger partial charge in [-0.05, 0) is 31.4 Å². The van der Waals surface area contributed by atoms with Crippen molar-refractivity contribution in [1.29, 1.82) is 0 Å². The van der Waals surface area contributed by atoms with Gasteiger partial charge in [0.15, 0.2) is 0 Å². The third kappa shape index (κ3) is 2.11. The summed E-state index contributed by atoms with van der Waals surface area (Å²) in [6.07, 6.45) is 6.67. The summed E-state index contributed by atoms with van der Waals surface area (Å²) in [6.45, 7) is 3.06. The van der Waals surface area contributed by atoms with E-state index in [1.54, 1.807) is 0 Å². The Labute approximate surface area is 85.2 Å². The Morgan fingerprint density at radius 1 is 1.14 bits per heavy atom. The summed E-state index contributed by atoms with van der Waals surface area (Å²) in [7, 11) is 0. The fraction of sp³-hybridized carbons (Fsp3) is 0.308. The van der Waals surface area contributed by atoms with Gasteiger partial charge in [-0.3, -0.25) is 4.99 Å². The maximum atomic E-state index is 4.55. The van der Waals surface area contributed by atoms with Gasteiger partial charge in [-0.2, -0.15) is 0 Å². The van der Waals surface area contributed by atoms with Crippen LogP contribution in [0.4, 0.5) is 0 Å². The van der Waals surface area contributed by atoms with Crippen LogP contribution in [0.5, 0.6) is 0 Å². The second kappa shape index (κ2) is 4.23. The Balaban J connectivity index is 2.29. The van der Waals surface area contributed by atoms with Gasteiger partial charge in [0.25, 0.3) is 0 Å². The SMILES string of the molecule is Cc1ccc(C2=NCCCC=C2)cc1. The van der Waals surface area contributed by atoms with Gasteiger partial charge in [-0.25, -0.2) is 0 Å². The van der Waals surface area contributed by atoms with Gasteiger partial charge in [0.1, 0.15) is 0 Å². The molecule has 2 rings (SSSR count). The monoisotopic (exact) mass is 185 g/mol. The van der Waals surface area contributed by atoms with Crippen molar-refractivity contribution < 1.29 is 0 Å². The second-order valence-corrected chi connectivity index (χ2v) is 3.68. The van der Waals surface area contributed by atoms with Crippen LogP contribution in [0.2, 0.25) is 0 Å². The van der Waals surface area contributed by atoms with Crippen LogP contribution in [0.1, 0.15) is 24.0 Å². The number of hydrogen-bond acceptors (Lipinski definition) is 1. The summed E-state index contributed by atoms with van der Waals surface area (Å²) in [5.74, 6) is 0. The molecule has 1 aliphatic heterocycles. The molecule has 0 spiro atoms. The minimum atomic E-state index is 0.955. The summed E-state index contributed by atoms with van der Waals surface area (Å²) < 4.78 is 0. The molecule has 0 saturated heterocycles. The molecule has 0 aliphatic carbocycles. The molecule has 0 atom stereocenters. The van der Waals surface area contributed by atoms with E-state index in [4.69, 9.17) is 0 Å². The molecular weight excluding hydrogens is 170 g/mol. The molecule has 0 saturated carbocycles. The predicted octanol–water partition coefficient (Wildman–Crippen LogP) is 3.13. The highest BCUT2D eigenvalue weighted by atomic mass is 14.7. The van der Waals surface area contributed by atoms with Gasteiger partial charge in [0.2, 0.25) is 0 Å². The largest absolute Gasteiger partial charge is 0.285 e. The molecule has 0 fully saturated rings. The van der Waals surface area contributed by atoms with Gasteiger partial charge in [0, 0.05) is 6.54 Å². The van der Waals surface area contributed by atoms with Gasteiger partial charge >= 0.3 is 0 Å². The molecule has 14 heavy (non-hydrogen) atoms. The van der Waals surface area contributed by atoms with Crippen LogP contribution in [0.3, 0.4) is 0 Å². The van der Waals surface area contributed by atoms with Crippen molar-refractivity contribution in [2.24, 2.45) is 4.99 Å². The van der Waals surface area contributed by atoms with Crippen LogP contribution in [0.15, 0.2) is 41.4 Å². The van der Waals surface area contributed by atoms with Crippen LogP contribution in [-0.2, 0) is 0 Å². The molecule has 1 aromatic carbocycles. The summed E-state index contributed by atoms with van der Waals surface area (Å²) in [5.41, 5.74) is 3.66. The molecule has 1 nitrogen and oxygen atoms in total.